The zero-order valence-electron chi connectivity index (χ0n) is 15.2. The SMILES string of the molecule is C[C@H]1COCCN1c1cc(=O)[nH]c(N2CCC[C@@H]2Cc2ccccc2)n1. The first-order valence-electron chi connectivity index (χ1n) is 9.47. The smallest absolute Gasteiger partial charge is 0.254 e. The largest absolute Gasteiger partial charge is 0.377 e. The second kappa shape index (κ2) is 7.50. The van der Waals surface area contributed by atoms with Gasteiger partial charge in [0.25, 0.3) is 5.56 Å². The summed E-state index contributed by atoms with van der Waals surface area (Å²) >= 11 is 0. The van der Waals surface area contributed by atoms with E-state index in [-0.39, 0.29) is 11.6 Å². The van der Waals surface area contributed by atoms with Crippen molar-refractivity contribution in [2.75, 3.05) is 36.1 Å². The van der Waals surface area contributed by atoms with Gasteiger partial charge in [0.1, 0.15) is 5.82 Å². The van der Waals surface area contributed by atoms with Crippen molar-refractivity contribution >= 4 is 11.8 Å². The van der Waals surface area contributed by atoms with Gasteiger partial charge >= 0.3 is 0 Å². The van der Waals surface area contributed by atoms with Gasteiger partial charge in [-0.1, -0.05) is 30.3 Å². The van der Waals surface area contributed by atoms with Crippen LogP contribution >= 0.6 is 0 Å². The maximum absolute atomic E-state index is 12.3. The van der Waals surface area contributed by atoms with Gasteiger partial charge in [-0.05, 0) is 31.7 Å². The fraction of sp³-hybridized carbons (Fsp3) is 0.500. The van der Waals surface area contributed by atoms with Crippen molar-refractivity contribution < 1.29 is 4.74 Å². The molecule has 0 spiro atoms. The quantitative estimate of drug-likeness (QED) is 0.912. The predicted molar refractivity (Wildman–Crippen MR) is 103 cm³/mol. The highest BCUT2D eigenvalue weighted by Gasteiger charge is 2.28. The third-order valence-corrected chi connectivity index (χ3v) is 5.34. The zero-order chi connectivity index (χ0) is 17.9. The molecule has 1 aromatic carbocycles. The Balaban J connectivity index is 1.59. The number of aromatic nitrogens is 2. The number of H-pyrrole nitrogens is 1. The summed E-state index contributed by atoms with van der Waals surface area (Å²) in [5, 5.41) is 0. The molecule has 2 aliphatic rings. The minimum atomic E-state index is -0.0888. The molecule has 2 atom stereocenters. The monoisotopic (exact) mass is 354 g/mol. The zero-order valence-corrected chi connectivity index (χ0v) is 15.2. The molecule has 1 aromatic heterocycles. The third kappa shape index (κ3) is 3.60. The average molecular weight is 354 g/mol. The number of ether oxygens (including phenoxy) is 1. The Morgan fingerprint density at radius 2 is 2.08 bits per heavy atom. The molecule has 2 aliphatic heterocycles. The lowest BCUT2D eigenvalue weighted by Crippen LogP contribution is -2.45. The molecule has 0 amide bonds. The highest BCUT2D eigenvalue weighted by atomic mass is 16.5. The van der Waals surface area contributed by atoms with Crippen LogP contribution in [0.3, 0.4) is 0 Å². The summed E-state index contributed by atoms with van der Waals surface area (Å²) in [6, 6.07) is 12.7. The van der Waals surface area contributed by atoms with Gasteiger partial charge in [0.05, 0.1) is 19.3 Å². The summed E-state index contributed by atoms with van der Waals surface area (Å²) in [5.41, 5.74) is 1.23. The molecule has 2 fully saturated rings. The number of anilines is 2. The molecule has 3 heterocycles. The number of rotatable bonds is 4. The maximum atomic E-state index is 12.3. The third-order valence-electron chi connectivity index (χ3n) is 5.34. The lowest BCUT2D eigenvalue weighted by molar-refractivity contribution is 0.0985. The molecule has 6 nitrogen and oxygen atoms in total. The van der Waals surface area contributed by atoms with Gasteiger partial charge in [-0.25, -0.2) is 0 Å². The van der Waals surface area contributed by atoms with Crippen molar-refractivity contribution in [3.63, 3.8) is 0 Å². The van der Waals surface area contributed by atoms with Gasteiger partial charge in [-0.2, -0.15) is 4.98 Å². The van der Waals surface area contributed by atoms with Gasteiger partial charge < -0.3 is 14.5 Å². The number of benzene rings is 1. The number of aromatic amines is 1. The van der Waals surface area contributed by atoms with Crippen LogP contribution in [0.4, 0.5) is 11.8 Å². The van der Waals surface area contributed by atoms with Gasteiger partial charge in [-0.15, -0.1) is 0 Å². The number of hydrogen-bond acceptors (Lipinski definition) is 5. The van der Waals surface area contributed by atoms with Crippen molar-refractivity contribution in [1.82, 2.24) is 9.97 Å². The van der Waals surface area contributed by atoms with Crippen molar-refractivity contribution in [3.8, 4) is 0 Å². The van der Waals surface area contributed by atoms with E-state index >= 15 is 0 Å². The highest BCUT2D eigenvalue weighted by Crippen LogP contribution is 2.26. The Kier molecular flexibility index (Phi) is 4.93. The van der Waals surface area contributed by atoms with Crippen LogP contribution in [0.5, 0.6) is 0 Å². The molecule has 138 valence electrons. The van der Waals surface area contributed by atoms with Crippen LogP contribution in [0, 0.1) is 0 Å². The first-order chi connectivity index (χ1) is 12.7. The summed E-state index contributed by atoms with van der Waals surface area (Å²) in [7, 11) is 0. The van der Waals surface area contributed by atoms with E-state index < -0.39 is 0 Å². The summed E-state index contributed by atoms with van der Waals surface area (Å²) in [6.07, 6.45) is 3.22. The van der Waals surface area contributed by atoms with Gasteiger partial charge in [0.2, 0.25) is 5.95 Å². The van der Waals surface area contributed by atoms with Crippen molar-refractivity contribution in [1.29, 1.82) is 0 Å². The summed E-state index contributed by atoms with van der Waals surface area (Å²) in [4.78, 5) is 24.5. The Labute approximate surface area is 153 Å². The molecule has 2 saturated heterocycles. The summed E-state index contributed by atoms with van der Waals surface area (Å²) in [6.45, 7) is 5.15. The Hall–Kier alpha value is -2.34. The van der Waals surface area contributed by atoms with Gasteiger partial charge in [0.15, 0.2) is 0 Å². The van der Waals surface area contributed by atoms with E-state index in [0.717, 1.165) is 38.2 Å². The second-order valence-corrected chi connectivity index (χ2v) is 7.22. The Morgan fingerprint density at radius 3 is 2.88 bits per heavy atom. The molecule has 26 heavy (non-hydrogen) atoms. The number of nitrogens with zero attached hydrogens (tertiary/aromatic N) is 3. The molecule has 0 radical (unpaired) electrons. The van der Waals surface area contributed by atoms with Crippen LogP contribution in [-0.4, -0.2) is 48.4 Å². The molecule has 6 heteroatoms. The second-order valence-electron chi connectivity index (χ2n) is 7.22. The topological polar surface area (TPSA) is 61.5 Å². The fourth-order valence-corrected chi connectivity index (χ4v) is 4.00. The Morgan fingerprint density at radius 1 is 1.23 bits per heavy atom. The van der Waals surface area contributed by atoms with Gasteiger partial charge in [0, 0.05) is 25.2 Å². The van der Waals surface area contributed by atoms with E-state index in [1.807, 2.05) is 6.07 Å². The first kappa shape index (κ1) is 17.1. The van der Waals surface area contributed by atoms with E-state index in [2.05, 4.69) is 46.0 Å². The first-order valence-corrected chi connectivity index (χ1v) is 9.47. The van der Waals surface area contributed by atoms with Crippen molar-refractivity contribution in [3.05, 3.63) is 52.3 Å². The molecule has 0 aliphatic carbocycles. The summed E-state index contributed by atoms with van der Waals surface area (Å²) < 4.78 is 5.51. The molecule has 2 aromatic rings. The van der Waals surface area contributed by atoms with Crippen LogP contribution in [-0.2, 0) is 11.2 Å². The van der Waals surface area contributed by atoms with E-state index in [1.54, 1.807) is 6.07 Å². The van der Waals surface area contributed by atoms with Crippen LogP contribution < -0.4 is 15.4 Å². The molecule has 1 N–H and O–H groups in total. The minimum absolute atomic E-state index is 0.0888. The van der Waals surface area contributed by atoms with Crippen LogP contribution in [0.2, 0.25) is 0 Å². The molecule has 0 unspecified atom stereocenters. The molecular weight excluding hydrogens is 328 g/mol. The van der Waals surface area contributed by atoms with Crippen molar-refractivity contribution in [2.24, 2.45) is 0 Å². The molecule has 4 rings (SSSR count). The number of nitrogens with one attached hydrogen (secondary N) is 1. The number of hydrogen-bond donors (Lipinski definition) is 1. The normalized spacial score (nSPS) is 23.4. The van der Waals surface area contributed by atoms with E-state index in [0.29, 0.717) is 25.2 Å². The standard InChI is InChI=1S/C20H26N4O2/c1-15-14-26-11-10-23(15)18-13-19(25)22-20(21-18)24-9-5-8-17(24)12-16-6-3-2-4-7-16/h2-4,6-7,13,15,17H,5,8-12,14H2,1H3,(H,21,22,25)/t15-,17+/m0/s1. The van der Waals surface area contributed by atoms with Crippen LogP contribution in [0.25, 0.3) is 0 Å². The van der Waals surface area contributed by atoms with Crippen LogP contribution in [0.1, 0.15) is 25.3 Å². The van der Waals surface area contributed by atoms with Crippen LogP contribution in [0.15, 0.2) is 41.2 Å². The number of morpholine rings is 1. The highest BCUT2D eigenvalue weighted by molar-refractivity contribution is 5.46. The molecule has 0 saturated carbocycles. The minimum Gasteiger partial charge on any atom is -0.377 e. The maximum Gasteiger partial charge on any atom is 0.254 e. The average Bonchev–Trinajstić information content (AvgIpc) is 3.10. The fourth-order valence-electron chi connectivity index (χ4n) is 4.00. The predicted octanol–water partition coefficient (Wildman–Crippen LogP) is 2.21. The van der Waals surface area contributed by atoms with E-state index in [1.165, 1.54) is 5.56 Å². The molecular formula is C20H26N4O2. The van der Waals surface area contributed by atoms with E-state index in [9.17, 15) is 4.79 Å². The van der Waals surface area contributed by atoms with Gasteiger partial charge in [-0.3, -0.25) is 9.78 Å². The van der Waals surface area contributed by atoms with Crippen molar-refractivity contribution in [2.45, 2.75) is 38.3 Å². The summed E-state index contributed by atoms with van der Waals surface area (Å²) in [5.74, 6) is 1.45. The molecule has 0 bridgehead atoms. The lowest BCUT2D eigenvalue weighted by atomic mass is 10.0. The lowest BCUT2D eigenvalue weighted by Gasteiger charge is -2.35. The van der Waals surface area contributed by atoms with E-state index in [4.69, 9.17) is 9.72 Å². The Bertz CT molecular complexity index is 792.